The monoisotopic (exact) mass is 224 g/mol. The van der Waals surface area contributed by atoms with E-state index in [0.29, 0.717) is 5.56 Å². The van der Waals surface area contributed by atoms with Crippen LogP contribution in [0.1, 0.15) is 37.0 Å². The summed E-state index contributed by atoms with van der Waals surface area (Å²) in [6.07, 6.45) is 3.12. The van der Waals surface area contributed by atoms with Gasteiger partial charge in [-0.05, 0) is 25.0 Å². The molecule has 1 amide bonds. The molecule has 0 aliphatic carbocycles. The van der Waals surface area contributed by atoms with Crippen LogP contribution in [0.5, 0.6) is 0 Å². The second-order valence-electron chi connectivity index (χ2n) is 3.66. The molecule has 1 rings (SSSR count). The Bertz CT molecular complexity index is 331. The molecule has 0 aliphatic heterocycles. The minimum atomic E-state index is -0.561. The molecule has 0 radical (unpaired) electrons. The lowest BCUT2D eigenvalue weighted by atomic mass is 10.2. The number of halogens is 1. The molecule has 1 heterocycles. The number of carbonyl (C=O) groups is 1. The van der Waals surface area contributed by atoms with Crippen molar-refractivity contribution in [2.24, 2.45) is 0 Å². The lowest BCUT2D eigenvalue weighted by molar-refractivity contribution is 0.0755. The Morgan fingerprint density at radius 2 is 1.94 bits per heavy atom. The molecule has 1 aromatic rings. The van der Waals surface area contributed by atoms with Gasteiger partial charge in [0.2, 0.25) is 5.95 Å². The molecule has 0 fully saturated rings. The summed E-state index contributed by atoms with van der Waals surface area (Å²) in [5.41, 5.74) is 0.448. The number of carbonyl (C=O) groups excluding carboxylic acids is 1. The van der Waals surface area contributed by atoms with Gasteiger partial charge in [-0.25, -0.2) is 4.98 Å². The highest BCUT2D eigenvalue weighted by atomic mass is 19.1. The Morgan fingerprint density at radius 3 is 2.38 bits per heavy atom. The van der Waals surface area contributed by atoms with Gasteiger partial charge in [0.15, 0.2) is 0 Å². The van der Waals surface area contributed by atoms with Crippen molar-refractivity contribution in [2.75, 3.05) is 13.1 Å². The van der Waals surface area contributed by atoms with E-state index in [9.17, 15) is 9.18 Å². The molecule has 0 aromatic carbocycles. The van der Waals surface area contributed by atoms with E-state index >= 15 is 0 Å². The van der Waals surface area contributed by atoms with Gasteiger partial charge in [0.05, 0.1) is 5.56 Å². The third kappa shape index (κ3) is 3.29. The number of pyridine rings is 1. The second kappa shape index (κ2) is 6.20. The maximum atomic E-state index is 12.6. The van der Waals surface area contributed by atoms with Crippen LogP contribution in [0, 0.1) is 5.95 Å². The van der Waals surface area contributed by atoms with Crippen molar-refractivity contribution < 1.29 is 9.18 Å². The number of hydrogen-bond donors (Lipinski definition) is 0. The van der Waals surface area contributed by atoms with Crippen LogP contribution < -0.4 is 0 Å². The summed E-state index contributed by atoms with van der Waals surface area (Å²) in [6, 6.07) is 2.69. The van der Waals surface area contributed by atoms with Crippen LogP contribution in [0.3, 0.4) is 0 Å². The molecule has 3 nitrogen and oxygen atoms in total. The van der Waals surface area contributed by atoms with Gasteiger partial charge < -0.3 is 4.90 Å². The highest BCUT2D eigenvalue weighted by Gasteiger charge is 2.14. The van der Waals surface area contributed by atoms with E-state index in [1.54, 1.807) is 4.90 Å². The van der Waals surface area contributed by atoms with Crippen LogP contribution in [0.25, 0.3) is 0 Å². The van der Waals surface area contributed by atoms with Gasteiger partial charge in [-0.1, -0.05) is 13.8 Å². The molecule has 0 bridgehead atoms. The van der Waals surface area contributed by atoms with Gasteiger partial charge in [-0.3, -0.25) is 4.79 Å². The molecular formula is C12H17FN2O. The first-order valence-corrected chi connectivity index (χ1v) is 5.59. The number of nitrogens with zero attached hydrogens (tertiary/aromatic N) is 2. The van der Waals surface area contributed by atoms with E-state index in [4.69, 9.17) is 0 Å². The van der Waals surface area contributed by atoms with E-state index in [1.807, 2.05) is 13.8 Å². The SMILES string of the molecule is CCCN(CCC)C(=O)c1ccc(F)nc1. The van der Waals surface area contributed by atoms with Crippen molar-refractivity contribution in [3.8, 4) is 0 Å². The largest absolute Gasteiger partial charge is 0.339 e. The van der Waals surface area contributed by atoms with Crippen molar-refractivity contribution in [1.82, 2.24) is 9.88 Å². The van der Waals surface area contributed by atoms with Gasteiger partial charge in [0.25, 0.3) is 5.91 Å². The Kier molecular flexibility index (Phi) is 4.89. The molecule has 0 unspecified atom stereocenters. The first kappa shape index (κ1) is 12.6. The van der Waals surface area contributed by atoms with Crippen LogP contribution in [0.4, 0.5) is 4.39 Å². The quantitative estimate of drug-likeness (QED) is 0.720. The van der Waals surface area contributed by atoms with Crippen LogP contribution in [-0.4, -0.2) is 28.9 Å². The lowest BCUT2D eigenvalue weighted by Crippen LogP contribution is -2.32. The molecule has 4 heteroatoms. The van der Waals surface area contributed by atoms with Crippen LogP contribution >= 0.6 is 0 Å². The topological polar surface area (TPSA) is 33.2 Å². The maximum absolute atomic E-state index is 12.6. The summed E-state index contributed by atoms with van der Waals surface area (Å²) in [7, 11) is 0. The Morgan fingerprint density at radius 1 is 1.31 bits per heavy atom. The third-order valence-electron chi connectivity index (χ3n) is 2.25. The minimum absolute atomic E-state index is 0.0730. The highest BCUT2D eigenvalue weighted by Crippen LogP contribution is 2.06. The van der Waals surface area contributed by atoms with E-state index in [-0.39, 0.29) is 5.91 Å². The average Bonchev–Trinajstić information content (AvgIpc) is 2.29. The van der Waals surface area contributed by atoms with Gasteiger partial charge in [0, 0.05) is 19.3 Å². The van der Waals surface area contributed by atoms with Crippen molar-refractivity contribution >= 4 is 5.91 Å². The normalized spacial score (nSPS) is 10.2. The molecule has 0 N–H and O–H groups in total. The van der Waals surface area contributed by atoms with Crippen molar-refractivity contribution in [3.05, 3.63) is 29.8 Å². The number of amides is 1. The Balaban J connectivity index is 2.77. The average molecular weight is 224 g/mol. The van der Waals surface area contributed by atoms with E-state index in [1.165, 1.54) is 18.3 Å². The summed E-state index contributed by atoms with van der Waals surface area (Å²) < 4.78 is 12.6. The number of hydrogen-bond acceptors (Lipinski definition) is 2. The molecule has 0 saturated carbocycles. The zero-order valence-electron chi connectivity index (χ0n) is 9.74. The standard InChI is InChI=1S/C12H17FN2O/c1-3-7-15(8-4-2)12(16)10-5-6-11(13)14-9-10/h5-6,9H,3-4,7-8H2,1-2H3. The molecule has 88 valence electrons. The summed E-state index contributed by atoms with van der Waals surface area (Å²) in [6.45, 7) is 5.51. The van der Waals surface area contributed by atoms with Crippen molar-refractivity contribution in [1.29, 1.82) is 0 Å². The molecule has 0 aliphatic rings. The minimum Gasteiger partial charge on any atom is -0.339 e. The molecular weight excluding hydrogens is 207 g/mol. The summed E-state index contributed by atoms with van der Waals surface area (Å²) in [5, 5.41) is 0. The molecule has 0 atom stereocenters. The zero-order valence-corrected chi connectivity index (χ0v) is 9.74. The predicted octanol–water partition coefficient (Wildman–Crippen LogP) is 2.48. The summed E-state index contributed by atoms with van der Waals surface area (Å²) >= 11 is 0. The van der Waals surface area contributed by atoms with E-state index in [0.717, 1.165) is 25.9 Å². The van der Waals surface area contributed by atoms with Gasteiger partial charge in [-0.15, -0.1) is 0 Å². The Labute approximate surface area is 95.3 Å². The molecule has 0 spiro atoms. The molecule has 16 heavy (non-hydrogen) atoms. The Hall–Kier alpha value is -1.45. The van der Waals surface area contributed by atoms with Crippen LogP contribution in [0.2, 0.25) is 0 Å². The zero-order chi connectivity index (χ0) is 12.0. The van der Waals surface area contributed by atoms with Gasteiger partial charge in [-0.2, -0.15) is 4.39 Å². The smallest absolute Gasteiger partial charge is 0.255 e. The lowest BCUT2D eigenvalue weighted by Gasteiger charge is -2.21. The number of aromatic nitrogens is 1. The van der Waals surface area contributed by atoms with Crippen LogP contribution in [-0.2, 0) is 0 Å². The summed E-state index contributed by atoms with van der Waals surface area (Å²) in [4.78, 5) is 17.3. The fourth-order valence-electron chi connectivity index (χ4n) is 1.54. The van der Waals surface area contributed by atoms with Gasteiger partial charge in [0.1, 0.15) is 0 Å². The number of rotatable bonds is 5. The predicted molar refractivity (Wildman–Crippen MR) is 60.7 cm³/mol. The molecule has 0 saturated heterocycles. The highest BCUT2D eigenvalue weighted by molar-refractivity contribution is 5.93. The fourth-order valence-corrected chi connectivity index (χ4v) is 1.54. The molecule has 1 aromatic heterocycles. The van der Waals surface area contributed by atoms with Gasteiger partial charge >= 0.3 is 0 Å². The first-order valence-electron chi connectivity index (χ1n) is 5.59. The van der Waals surface area contributed by atoms with Crippen molar-refractivity contribution in [3.63, 3.8) is 0 Å². The summed E-state index contributed by atoms with van der Waals surface area (Å²) in [5.74, 6) is -0.634. The van der Waals surface area contributed by atoms with E-state index < -0.39 is 5.95 Å². The van der Waals surface area contributed by atoms with Crippen molar-refractivity contribution in [2.45, 2.75) is 26.7 Å². The third-order valence-corrected chi connectivity index (χ3v) is 2.25. The van der Waals surface area contributed by atoms with Crippen LogP contribution in [0.15, 0.2) is 18.3 Å². The first-order chi connectivity index (χ1) is 7.69. The van der Waals surface area contributed by atoms with E-state index in [2.05, 4.69) is 4.98 Å². The second-order valence-corrected chi connectivity index (χ2v) is 3.66. The maximum Gasteiger partial charge on any atom is 0.255 e. The fraction of sp³-hybridized carbons (Fsp3) is 0.500.